The second-order valence-corrected chi connectivity index (χ2v) is 10.9. The molecule has 43 heavy (non-hydrogen) atoms. The van der Waals surface area contributed by atoms with Crippen LogP contribution in [0.15, 0.2) is 55.0 Å². The van der Waals surface area contributed by atoms with Crippen molar-refractivity contribution in [2.75, 3.05) is 38.4 Å². The number of carbonyl (C=O) groups is 2. The summed E-state index contributed by atoms with van der Waals surface area (Å²) in [4.78, 5) is 39.1. The fraction of sp³-hybridized carbons (Fsp3) is 0.438. The Morgan fingerprint density at radius 3 is 2.79 bits per heavy atom. The smallest absolute Gasteiger partial charge is 0.308 e. The first kappa shape index (κ1) is 30.2. The van der Waals surface area contributed by atoms with Gasteiger partial charge in [0.2, 0.25) is 18.4 Å². The average molecular weight is 590 g/mol. The molecule has 3 aromatic rings. The molecule has 1 aromatic heterocycles. The number of aromatic nitrogens is 2. The van der Waals surface area contributed by atoms with Crippen molar-refractivity contribution in [1.29, 1.82) is 0 Å². The number of methoxy groups -OCH3 is 1. The summed E-state index contributed by atoms with van der Waals surface area (Å²) in [5, 5.41) is 10.6. The number of benzene rings is 2. The molecule has 11 heteroatoms. The van der Waals surface area contributed by atoms with Crippen molar-refractivity contribution in [2.45, 2.75) is 51.1 Å². The lowest BCUT2D eigenvalue weighted by Crippen LogP contribution is -2.44. The average Bonchev–Trinajstić information content (AvgIpc) is 3.65. The Hall–Kier alpha value is -4.22. The highest BCUT2D eigenvalue weighted by Crippen LogP contribution is 2.47. The van der Waals surface area contributed by atoms with E-state index in [1.54, 1.807) is 18.2 Å². The Morgan fingerprint density at radius 2 is 2.07 bits per heavy atom. The van der Waals surface area contributed by atoms with Crippen LogP contribution in [0.25, 0.3) is 0 Å². The number of ether oxygens (including phenoxy) is 3. The highest BCUT2D eigenvalue weighted by Gasteiger charge is 2.47. The first-order chi connectivity index (χ1) is 20.9. The first-order valence-corrected chi connectivity index (χ1v) is 14.7. The number of aliphatic carboxylic acids is 1. The minimum absolute atomic E-state index is 0.0727. The molecule has 11 nitrogen and oxygen atoms in total. The number of aryl methyl sites for hydroxylation is 1. The molecule has 0 aliphatic carbocycles. The van der Waals surface area contributed by atoms with Gasteiger partial charge in [0.15, 0.2) is 11.5 Å². The van der Waals surface area contributed by atoms with Crippen molar-refractivity contribution in [1.82, 2.24) is 14.9 Å². The number of carboxylic acids is 1. The van der Waals surface area contributed by atoms with Gasteiger partial charge in [0, 0.05) is 49.2 Å². The molecule has 0 spiro atoms. The van der Waals surface area contributed by atoms with E-state index in [2.05, 4.69) is 16.9 Å². The number of nitrogens with two attached hydrogens (primary N) is 1. The van der Waals surface area contributed by atoms with Crippen LogP contribution in [0.3, 0.4) is 0 Å². The monoisotopic (exact) mass is 589 g/mol. The van der Waals surface area contributed by atoms with E-state index >= 15 is 0 Å². The van der Waals surface area contributed by atoms with Crippen molar-refractivity contribution in [3.8, 4) is 17.2 Å². The third-order valence-corrected chi connectivity index (χ3v) is 8.31. The van der Waals surface area contributed by atoms with Gasteiger partial charge in [0.05, 0.1) is 19.6 Å². The SMILES string of the molecule is CCCCN(C(=O)CN1C[C@H](c2cc(OC)c3c(c2)OCO3)C(C(=O)O)[C@@H]1CCc1ccncn1)c1cccc(CN)c1. The van der Waals surface area contributed by atoms with Crippen LogP contribution in [-0.4, -0.2) is 71.4 Å². The van der Waals surface area contributed by atoms with Gasteiger partial charge in [-0.25, -0.2) is 9.97 Å². The van der Waals surface area contributed by atoms with E-state index in [0.29, 0.717) is 49.7 Å². The molecular weight excluding hydrogens is 550 g/mol. The van der Waals surface area contributed by atoms with E-state index in [9.17, 15) is 14.7 Å². The number of amides is 1. The summed E-state index contributed by atoms with van der Waals surface area (Å²) in [5.41, 5.74) is 9.23. The largest absolute Gasteiger partial charge is 0.493 e. The van der Waals surface area contributed by atoms with Crippen LogP contribution >= 0.6 is 0 Å². The number of unbranched alkanes of at least 4 members (excludes halogenated alkanes) is 1. The second-order valence-electron chi connectivity index (χ2n) is 10.9. The molecule has 0 bridgehead atoms. The maximum absolute atomic E-state index is 14.0. The Balaban J connectivity index is 1.47. The summed E-state index contributed by atoms with van der Waals surface area (Å²) in [6.07, 6.45) is 6.00. The van der Waals surface area contributed by atoms with Gasteiger partial charge in [-0.15, -0.1) is 0 Å². The number of carbonyl (C=O) groups excluding carboxylic acids is 1. The molecule has 5 rings (SSSR count). The fourth-order valence-electron chi connectivity index (χ4n) is 6.14. The van der Waals surface area contributed by atoms with Gasteiger partial charge < -0.3 is 30.0 Å². The van der Waals surface area contributed by atoms with Gasteiger partial charge in [-0.2, -0.15) is 0 Å². The molecule has 1 saturated heterocycles. The first-order valence-electron chi connectivity index (χ1n) is 14.7. The van der Waals surface area contributed by atoms with Crippen molar-refractivity contribution in [2.24, 2.45) is 11.7 Å². The molecule has 3 heterocycles. The zero-order chi connectivity index (χ0) is 30.3. The van der Waals surface area contributed by atoms with Crippen LogP contribution in [0.5, 0.6) is 17.2 Å². The van der Waals surface area contributed by atoms with Gasteiger partial charge in [-0.1, -0.05) is 25.5 Å². The van der Waals surface area contributed by atoms with Crippen LogP contribution in [-0.2, 0) is 22.6 Å². The molecule has 1 fully saturated rings. The Kier molecular flexibility index (Phi) is 9.73. The van der Waals surface area contributed by atoms with Crippen molar-refractivity contribution < 1.29 is 28.9 Å². The number of fused-ring (bicyclic) bond motifs is 1. The number of rotatable bonds is 13. The van der Waals surface area contributed by atoms with Crippen molar-refractivity contribution >= 4 is 17.6 Å². The number of likely N-dealkylation sites (tertiary alicyclic amines) is 1. The standard InChI is InChI=1S/C32H39N5O6/c1-3-4-12-37(24-7-5-6-21(13-24)16-33)29(38)18-36-17-25(22-14-27(41-2)31-28(15-22)42-20-43-31)30(32(39)40)26(36)9-8-23-10-11-34-19-35-23/h5-7,10-11,13-15,19,25-26,30H,3-4,8-9,12,16-18,20,33H2,1-2H3,(H,39,40)/t25-,26+,30?/m1/s1. The molecule has 3 atom stereocenters. The fourth-order valence-corrected chi connectivity index (χ4v) is 6.14. The van der Waals surface area contributed by atoms with Crippen molar-refractivity contribution in [3.63, 3.8) is 0 Å². The van der Waals surface area contributed by atoms with Crippen LogP contribution in [0.2, 0.25) is 0 Å². The third-order valence-electron chi connectivity index (χ3n) is 8.31. The lowest BCUT2D eigenvalue weighted by molar-refractivity contribution is -0.143. The maximum Gasteiger partial charge on any atom is 0.308 e. The molecule has 1 amide bonds. The summed E-state index contributed by atoms with van der Waals surface area (Å²) in [6.45, 7) is 3.56. The number of hydrogen-bond acceptors (Lipinski definition) is 9. The van der Waals surface area contributed by atoms with Gasteiger partial charge in [0.1, 0.15) is 6.33 Å². The minimum Gasteiger partial charge on any atom is -0.493 e. The quantitative estimate of drug-likeness (QED) is 0.304. The predicted molar refractivity (Wildman–Crippen MR) is 160 cm³/mol. The van der Waals surface area contributed by atoms with E-state index in [-0.39, 0.29) is 19.2 Å². The highest BCUT2D eigenvalue weighted by atomic mass is 16.7. The number of hydrogen-bond donors (Lipinski definition) is 2. The molecule has 0 radical (unpaired) electrons. The summed E-state index contributed by atoms with van der Waals surface area (Å²) < 4.78 is 16.8. The normalized spacial score (nSPS) is 19.4. The molecule has 2 aromatic carbocycles. The molecule has 2 aliphatic rings. The zero-order valence-corrected chi connectivity index (χ0v) is 24.6. The number of carboxylic acid groups (broad SMARTS) is 1. The Morgan fingerprint density at radius 1 is 1.21 bits per heavy atom. The predicted octanol–water partition coefficient (Wildman–Crippen LogP) is 3.61. The second kappa shape index (κ2) is 13.8. The van der Waals surface area contributed by atoms with Gasteiger partial charge in [0.25, 0.3) is 0 Å². The van der Waals surface area contributed by atoms with E-state index in [1.165, 1.54) is 6.33 Å². The topological polar surface area (TPSA) is 140 Å². The van der Waals surface area contributed by atoms with Crippen LogP contribution in [0.1, 0.15) is 48.9 Å². The van der Waals surface area contributed by atoms with Crippen LogP contribution in [0, 0.1) is 5.92 Å². The lowest BCUT2D eigenvalue weighted by Gasteiger charge is -2.30. The molecule has 0 saturated carbocycles. The van der Waals surface area contributed by atoms with Gasteiger partial charge in [-0.05, 0) is 60.7 Å². The van der Waals surface area contributed by atoms with Crippen LogP contribution < -0.4 is 24.8 Å². The third kappa shape index (κ3) is 6.73. The van der Waals surface area contributed by atoms with Crippen molar-refractivity contribution in [3.05, 3.63) is 71.8 Å². The molecule has 2 aliphatic heterocycles. The van der Waals surface area contributed by atoms with E-state index < -0.39 is 23.8 Å². The highest BCUT2D eigenvalue weighted by molar-refractivity contribution is 5.95. The van der Waals surface area contributed by atoms with E-state index in [1.807, 2.05) is 47.4 Å². The summed E-state index contributed by atoms with van der Waals surface area (Å²) >= 11 is 0. The summed E-state index contributed by atoms with van der Waals surface area (Å²) in [7, 11) is 1.55. The lowest BCUT2D eigenvalue weighted by atomic mass is 9.83. The van der Waals surface area contributed by atoms with Gasteiger partial charge >= 0.3 is 5.97 Å². The summed E-state index contributed by atoms with van der Waals surface area (Å²) in [6, 6.07) is 12.8. The molecule has 228 valence electrons. The van der Waals surface area contributed by atoms with Crippen LogP contribution in [0.4, 0.5) is 5.69 Å². The number of anilines is 1. The Labute approximate surface area is 251 Å². The van der Waals surface area contributed by atoms with E-state index in [4.69, 9.17) is 19.9 Å². The molecular formula is C32H39N5O6. The Bertz CT molecular complexity index is 1420. The van der Waals surface area contributed by atoms with Gasteiger partial charge in [-0.3, -0.25) is 14.5 Å². The molecule has 3 N–H and O–H groups in total. The minimum atomic E-state index is -0.914. The van der Waals surface area contributed by atoms with E-state index in [0.717, 1.165) is 35.3 Å². The number of nitrogens with zero attached hydrogens (tertiary/aromatic N) is 4. The zero-order valence-electron chi connectivity index (χ0n) is 24.6. The molecule has 1 unspecified atom stereocenters. The maximum atomic E-state index is 14.0. The summed E-state index contributed by atoms with van der Waals surface area (Å²) in [5.74, 6) is -0.652.